The van der Waals surface area contributed by atoms with E-state index in [-0.39, 0.29) is 0 Å². The molecule has 188 valence electrons. The van der Waals surface area contributed by atoms with E-state index in [2.05, 4.69) is 6.92 Å². The third kappa shape index (κ3) is 10.2. The van der Waals surface area contributed by atoms with Crippen LogP contribution >= 0.6 is 0 Å². The molecular weight excluding hydrogens is 416 g/mol. The van der Waals surface area contributed by atoms with Crippen LogP contribution in [0.4, 0.5) is 0 Å². The zero-order valence-electron chi connectivity index (χ0n) is 21.5. The topological polar surface area (TPSA) is 61.8 Å². The number of hydrogen-bond donors (Lipinski definition) is 0. The maximum absolute atomic E-state index is 13.0. The molecule has 5 heteroatoms. The number of carbonyl (C=O) groups is 2. The highest BCUT2D eigenvalue weighted by Crippen LogP contribution is 2.34. The molecule has 0 N–H and O–H groups in total. The lowest BCUT2D eigenvalue weighted by Gasteiger charge is -2.27. The third-order valence-corrected chi connectivity index (χ3v) is 6.49. The zero-order chi connectivity index (χ0) is 24.4. The van der Waals surface area contributed by atoms with Gasteiger partial charge in [0.05, 0.1) is 13.7 Å². The summed E-state index contributed by atoms with van der Waals surface area (Å²) in [4.78, 5) is 25.8. The molecule has 5 nitrogen and oxygen atoms in total. The van der Waals surface area contributed by atoms with Crippen LogP contribution < -0.4 is 9.47 Å². The van der Waals surface area contributed by atoms with E-state index in [1.807, 2.05) is 13.8 Å². The molecule has 33 heavy (non-hydrogen) atoms. The van der Waals surface area contributed by atoms with E-state index >= 15 is 0 Å². The van der Waals surface area contributed by atoms with Gasteiger partial charge < -0.3 is 14.2 Å². The van der Waals surface area contributed by atoms with E-state index < -0.39 is 17.4 Å². The highest BCUT2D eigenvalue weighted by Gasteiger charge is 2.46. The molecule has 0 bridgehead atoms. The number of esters is 2. The Morgan fingerprint density at radius 3 is 1.67 bits per heavy atom. The number of rotatable bonds is 19. The van der Waals surface area contributed by atoms with Crippen LogP contribution in [-0.2, 0) is 14.3 Å². The minimum absolute atomic E-state index is 0.310. The smallest absolute Gasteiger partial charge is 0.328 e. The average molecular weight is 463 g/mol. The first-order valence-electron chi connectivity index (χ1n) is 13.1. The van der Waals surface area contributed by atoms with Crippen molar-refractivity contribution >= 4 is 11.9 Å². The van der Waals surface area contributed by atoms with Crippen LogP contribution in [-0.4, -0.2) is 25.7 Å². The van der Waals surface area contributed by atoms with Crippen molar-refractivity contribution in [3.63, 3.8) is 0 Å². The Kier molecular flexibility index (Phi) is 15.3. The Morgan fingerprint density at radius 1 is 0.697 bits per heavy atom. The molecule has 0 aromatic heterocycles. The third-order valence-electron chi connectivity index (χ3n) is 6.49. The minimum atomic E-state index is -1.29. The molecule has 1 rings (SSSR count). The second-order valence-electron chi connectivity index (χ2n) is 8.85. The largest absolute Gasteiger partial charge is 0.493 e. The summed E-state index contributed by atoms with van der Waals surface area (Å²) >= 11 is 0. The summed E-state index contributed by atoms with van der Waals surface area (Å²) in [6.45, 7) is 6.23. The van der Waals surface area contributed by atoms with Crippen LogP contribution in [0.15, 0.2) is 24.3 Å². The average Bonchev–Trinajstić information content (AvgIpc) is 2.83. The van der Waals surface area contributed by atoms with Gasteiger partial charge in [0, 0.05) is 0 Å². The molecule has 0 aliphatic rings. The van der Waals surface area contributed by atoms with Gasteiger partial charge in [-0.05, 0) is 31.4 Å². The molecule has 1 aromatic carbocycles. The van der Waals surface area contributed by atoms with Gasteiger partial charge in [-0.3, -0.25) is 9.59 Å². The molecule has 0 radical (unpaired) electrons. The van der Waals surface area contributed by atoms with Crippen LogP contribution in [0.3, 0.4) is 0 Å². The Balaban J connectivity index is 2.32. The van der Waals surface area contributed by atoms with Gasteiger partial charge in [0.2, 0.25) is 0 Å². The van der Waals surface area contributed by atoms with Crippen LogP contribution in [0.25, 0.3) is 0 Å². The van der Waals surface area contributed by atoms with Crippen molar-refractivity contribution in [1.82, 2.24) is 0 Å². The second kappa shape index (κ2) is 17.4. The summed E-state index contributed by atoms with van der Waals surface area (Å²) in [7, 11) is 1.52. The van der Waals surface area contributed by atoms with Crippen molar-refractivity contribution in [3.05, 3.63) is 24.3 Å². The quantitative estimate of drug-likeness (QED) is 0.0914. The molecule has 0 amide bonds. The number of unbranched alkanes of at least 4 members (excludes halogenated alkanes) is 11. The van der Waals surface area contributed by atoms with E-state index in [1.165, 1.54) is 64.9 Å². The Hall–Kier alpha value is -2.04. The van der Waals surface area contributed by atoms with Crippen molar-refractivity contribution in [2.45, 2.75) is 111 Å². The van der Waals surface area contributed by atoms with Gasteiger partial charge in [-0.25, -0.2) is 0 Å². The highest BCUT2D eigenvalue weighted by molar-refractivity contribution is 6.00. The SMILES string of the molecule is CCCCCCCCCCCCCCOC(=O)C(CC)(CC)C(=O)Oc1ccccc1OC. The summed E-state index contributed by atoms with van der Waals surface area (Å²) in [6.07, 6.45) is 15.7. The first-order valence-corrected chi connectivity index (χ1v) is 13.1. The summed E-state index contributed by atoms with van der Waals surface area (Å²) in [6, 6.07) is 6.93. The van der Waals surface area contributed by atoms with Gasteiger partial charge in [0.1, 0.15) is 0 Å². The van der Waals surface area contributed by atoms with Crippen LogP contribution in [0.2, 0.25) is 0 Å². The van der Waals surface area contributed by atoms with Gasteiger partial charge in [0.15, 0.2) is 16.9 Å². The van der Waals surface area contributed by atoms with Crippen molar-refractivity contribution in [3.8, 4) is 11.5 Å². The van der Waals surface area contributed by atoms with Crippen LogP contribution in [0.1, 0.15) is 111 Å². The number of ether oxygens (including phenoxy) is 3. The number of benzene rings is 1. The molecule has 0 saturated heterocycles. The molecule has 0 spiro atoms. The Bertz CT molecular complexity index is 666. The molecule has 1 aromatic rings. The molecule has 0 heterocycles. The fourth-order valence-electron chi connectivity index (χ4n) is 4.06. The van der Waals surface area contributed by atoms with E-state index in [0.717, 1.165) is 19.3 Å². The molecular formula is C28H46O5. The van der Waals surface area contributed by atoms with Gasteiger partial charge in [-0.1, -0.05) is 104 Å². The van der Waals surface area contributed by atoms with Crippen LogP contribution in [0, 0.1) is 5.41 Å². The lowest BCUT2D eigenvalue weighted by atomic mass is 9.82. The van der Waals surface area contributed by atoms with Gasteiger partial charge in [-0.15, -0.1) is 0 Å². The van der Waals surface area contributed by atoms with Crippen molar-refractivity contribution < 1.29 is 23.8 Å². The van der Waals surface area contributed by atoms with E-state index in [1.54, 1.807) is 24.3 Å². The molecule has 0 fully saturated rings. The number of carbonyl (C=O) groups excluding carboxylic acids is 2. The predicted octanol–water partition coefficient (Wildman–Crippen LogP) is 7.65. The molecule has 0 aliphatic heterocycles. The normalized spacial score (nSPS) is 11.3. The fourth-order valence-corrected chi connectivity index (χ4v) is 4.06. The predicted molar refractivity (Wildman–Crippen MR) is 134 cm³/mol. The zero-order valence-corrected chi connectivity index (χ0v) is 21.5. The summed E-state index contributed by atoms with van der Waals surface area (Å²) < 4.78 is 16.3. The summed E-state index contributed by atoms with van der Waals surface area (Å²) in [5.74, 6) is -0.311. The minimum Gasteiger partial charge on any atom is -0.493 e. The maximum Gasteiger partial charge on any atom is 0.328 e. The number of hydrogen-bond acceptors (Lipinski definition) is 5. The summed E-state index contributed by atoms with van der Waals surface area (Å²) in [5, 5.41) is 0. The highest BCUT2D eigenvalue weighted by atomic mass is 16.6. The maximum atomic E-state index is 13.0. The van der Waals surface area contributed by atoms with Gasteiger partial charge >= 0.3 is 11.9 Å². The molecule has 0 atom stereocenters. The van der Waals surface area contributed by atoms with Crippen molar-refractivity contribution in [1.29, 1.82) is 0 Å². The Labute approximate surface area is 201 Å². The first kappa shape index (κ1) is 29.0. The van der Waals surface area contributed by atoms with E-state index in [9.17, 15) is 9.59 Å². The standard InChI is InChI=1S/C28H46O5/c1-5-8-9-10-11-12-13-14-15-16-17-20-23-32-26(29)28(6-2,7-3)27(30)33-25-22-19-18-21-24(25)31-4/h18-19,21-22H,5-17,20,23H2,1-4H3. The van der Waals surface area contributed by atoms with Gasteiger partial charge in [0.25, 0.3) is 0 Å². The first-order chi connectivity index (χ1) is 16.1. The lowest BCUT2D eigenvalue weighted by molar-refractivity contribution is -0.168. The van der Waals surface area contributed by atoms with Gasteiger partial charge in [-0.2, -0.15) is 0 Å². The molecule has 0 saturated carbocycles. The number of para-hydroxylation sites is 2. The lowest BCUT2D eigenvalue weighted by Crippen LogP contribution is -2.42. The van der Waals surface area contributed by atoms with E-state index in [4.69, 9.17) is 14.2 Å². The van der Waals surface area contributed by atoms with Crippen LogP contribution in [0.5, 0.6) is 11.5 Å². The Morgan fingerprint density at radius 2 is 1.18 bits per heavy atom. The number of methoxy groups -OCH3 is 1. The molecule has 0 aliphatic carbocycles. The second-order valence-corrected chi connectivity index (χ2v) is 8.85. The fraction of sp³-hybridized carbons (Fsp3) is 0.714. The van der Waals surface area contributed by atoms with E-state index in [0.29, 0.717) is 30.9 Å². The van der Waals surface area contributed by atoms with Crippen molar-refractivity contribution in [2.24, 2.45) is 5.41 Å². The summed E-state index contributed by atoms with van der Waals surface area (Å²) in [5.41, 5.74) is -1.29. The molecule has 0 unspecified atom stereocenters. The monoisotopic (exact) mass is 462 g/mol. The van der Waals surface area contributed by atoms with Crippen molar-refractivity contribution in [2.75, 3.05) is 13.7 Å².